The quantitative estimate of drug-likeness (QED) is 0.429. The van der Waals surface area contributed by atoms with Gasteiger partial charge < -0.3 is 9.47 Å². The van der Waals surface area contributed by atoms with Gasteiger partial charge in [-0.15, -0.1) is 0 Å². The molecule has 20 heavy (non-hydrogen) atoms. The van der Waals surface area contributed by atoms with E-state index in [1.807, 2.05) is 0 Å². The third-order valence-electron chi connectivity index (χ3n) is 2.91. The molecule has 0 rings (SSSR count). The van der Waals surface area contributed by atoms with Gasteiger partial charge in [0.25, 0.3) is 0 Å². The predicted molar refractivity (Wildman–Crippen MR) is 79.3 cm³/mol. The Morgan fingerprint density at radius 3 is 1.40 bits per heavy atom. The highest BCUT2D eigenvalue weighted by molar-refractivity contribution is 5.77. The second-order valence-electron chi connectivity index (χ2n) is 6.01. The molecule has 0 spiro atoms. The van der Waals surface area contributed by atoms with E-state index in [1.165, 1.54) is 0 Å². The van der Waals surface area contributed by atoms with Crippen LogP contribution in [0.3, 0.4) is 0 Å². The van der Waals surface area contributed by atoms with Crippen LogP contribution in [-0.4, -0.2) is 25.2 Å². The summed E-state index contributed by atoms with van der Waals surface area (Å²) in [5.41, 5.74) is 0. The second kappa shape index (κ2) is 11.7. The fourth-order valence-electron chi connectivity index (χ4n) is 1.70. The van der Waals surface area contributed by atoms with Crippen LogP contribution in [0.25, 0.3) is 0 Å². The minimum Gasteiger partial charge on any atom is -0.466 e. The zero-order chi connectivity index (χ0) is 15.4. The van der Waals surface area contributed by atoms with Gasteiger partial charge in [-0.3, -0.25) is 9.59 Å². The molecule has 0 aromatic carbocycles. The molecule has 0 saturated carbocycles. The van der Waals surface area contributed by atoms with Gasteiger partial charge in [0, 0.05) is 0 Å². The summed E-state index contributed by atoms with van der Waals surface area (Å²) in [6.45, 7) is 9.43. The van der Waals surface area contributed by atoms with E-state index in [0.717, 1.165) is 25.7 Å². The van der Waals surface area contributed by atoms with E-state index in [1.54, 1.807) is 0 Å². The lowest BCUT2D eigenvalue weighted by atomic mass is 10.1. The highest BCUT2D eigenvalue weighted by Gasteiger charge is 2.09. The Bertz CT molecular complexity index is 244. The SMILES string of the molecule is CC(C)CCCOC(=O)CCC(=O)OCCCC(C)C. The first-order chi connectivity index (χ1) is 9.41. The summed E-state index contributed by atoms with van der Waals surface area (Å²) in [5.74, 6) is 0.616. The molecule has 0 saturated heterocycles. The summed E-state index contributed by atoms with van der Waals surface area (Å²) >= 11 is 0. The van der Waals surface area contributed by atoms with Gasteiger partial charge in [0.2, 0.25) is 0 Å². The lowest BCUT2D eigenvalue weighted by molar-refractivity contribution is -0.150. The number of hydrogen-bond acceptors (Lipinski definition) is 4. The molecule has 4 nitrogen and oxygen atoms in total. The lowest BCUT2D eigenvalue weighted by Crippen LogP contribution is -2.12. The van der Waals surface area contributed by atoms with E-state index in [0.29, 0.717) is 25.0 Å². The fraction of sp³-hybridized carbons (Fsp3) is 0.875. The summed E-state index contributed by atoms with van der Waals surface area (Å²) in [4.78, 5) is 22.8. The standard InChI is InChI=1S/C16H30O4/c1-13(2)7-5-11-19-15(17)9-10-16(18)20-12-6-8-14(3)4/h13-14H,5-12H2,1-4H3. The van der Waals surface area contributed by atoms with Crippen molar-refractivity contribution in [2.24, 2.45) is 11.8 Å². The average molecular weight is 286 g/mol. The molecule has 0 atom stereocenters. The van der Waals surface area contributed by atoms with Gasteiger partial charge in [-0.25, -0.2) is 0 Å². The van der Waals surface area contributed by atoms with E-state index in [9.17, 15) is 9.59 Å². The maximum absolute atomic E-state index is 11.4. The minimum absolute atomic E-state index is 0.116. The maximum atomic E-state index is 11.4. The highest BCUT2D eigenvalue weighted by Crippen LogP contribution is 2.05. The monoisotopic (exact) mass is 286 g/mol. The Morgan fingerprint density at radius 1 is 0.750 bits per heavy atom. The molecule has 0 aromatic rings. The first kappa shape index (κ1) is 18.9. The van der Waals surface area contributed by atoms with Gasteiger partial charge in [-0.1, -0.05) is 27.7 Å². The molecule has 0 aromatic heterocycles. The van der Waals surface area contributed by atoms with E-state index in [-0.39, 0.29) is 24.8 Å². The molecule has 118 valence electrons. The Balaban J connectivity index is 3.46. The molecule has 4 heteroatoms. The van der Waals surface area contributed by atoms with Gasteiger partial charge in [0.05, 0.1) is 26.1 Å². The first-order valence-corrected chi connectivity index (χ1v) is 7.73. The third kappa shape index (κ3) is 13.4. The van der Waals surface area contributed by atoms with Crippen LogP contribution in [0.2, 0.25) is 0 Å². The summed E-state index contributed by atoms with van der Waals surface area (Å²) in [6, 6.07) is 0. The van der Waals surface area contributed by atoms with Crippen molar-refractivity contribution in [1.82, 2.24) is 0 Å². The molecule has 0 aliphatic carbocycles. The number of ether oxygens (including phenoxy) is 2. The van der Waals surface area contributed by atoms with Crippen molar-refractivity contribution in [3.63, 3.8) is 0 Å². The molecule has 0 fully saturated rings. The highest BCUT2D eigenvalue weighted by atomic mass is 16.5. The number of rotatable bonds is 11. The third-order valence-corrected chi connectivity index (χ3v) is 2.91. The smallest absolute Gasteiger partial charge is 0.306 e. The largest absolute Gasteiger partial charge is 0.466 e. The number of carbonyl (C=O) groups is 2. The molecular formula is C16H30O4. The van der Waals surface area contributed by atoms with E-state index in [2.05, 4.69) is 27.7 Å². The topological polar surface area (TPSA) is 52.6 Å². The van der Waals surface area contributed by atoms with Crippen LogP contribution in [0.1, 0.15) is 66.2 Å². The van der Waals surface area contributed by atoms with Crippen molar-refractivity contribution in [3.8, 4) is 0 Å². The first-order valence-electron chi connectivity index (χ1n) is 7.73. The molecule has 0 unspecified atom stereocenters. The van der Waals surface area contributed by atoms with Gasteiger partial charge in [-0.2, -0.15) is 0 Å². The number of carbonyl (C=O) groups excluding carboxylic acids is 2. The Kier molecular flexibility index (Phi) is 11.1. The Labute approximate surface area is 123 Å². The van der Waals surface area contributed by atoms with Crippen LogP contribution < -0.4 is 0 Å². The second-order valence-corrected chi connectivity index (χ2v) is 6.01. The van der Waals surface area contributed by atoms with Crippen molar-refractivity contribution in [1.29, 1.82) is 0 Å². The Morgan fingerprint density at radius 2 is 1.10 bits per heavy atom. The van der Waals surface area contributed by atoms with Crippen molar-refractivity contribution in [2.45, 2.75) is 66.2 Å². The molecule has 0 aliphatic rings. The van der Waals surface area contributed by atoms with Crippen LogP contribution in [0.5, 0.6) is 0 Å². The van der Waals surface area contributed by atoms with E-state index >= 15 is 0 Å². The van der Waals surface area contributed by atoms with Crippen molar-refractivity contribution < 1.29 is 19.1 Å². The lowest BCUT2D eigenvalue weighted by Gasteiger charge is -2.07. The van der Waals surface area contributed by atoms with E-state index < -0.39 is 0 Å². The van der Waals surface area contributed by atoms with Crippen molar-refractivity contribution >= 4 is 11.9 Å². The zero-order valence-corrected chi connectivity index (χ0v) is 13.4. The predicted octanol–water partition coefficient (Wildman–Crippen LogP) is 3.73. The maximum Gasteiger partial charge on any atom is 0.306 e. The molecule has 0 aliphatic heterocycles. The zero-order valence-electron chi connectivity index (χ0n) is 13.4. The van der Waals surface area contributed by atoms with Crippen molar-refractivity contribution in [3.05, 3.63) is 0 Å². The average Bonchev–Trinajstić information content (AvgIpc) is 2.37. The summed E-state index contributed by atoms with van der Waals surface area (Å²) < 4.78 is 10.1. The molecule has 0 bridgehead atoms. The fourth-order valence-corrected chi connectivity index (χ4v) is 1.70. The van der Waals surface area contributed by atoms with Crippen molar-refractivity contribution in [2.75, 3.05) is 13.2 Å². The molecular weight excluding hydrogens is 256 g/mol. The van der Waals surface area contributed by atoms with Gasteiger partial charge in [0.15, 0.2) is 0 Å². The van der Waals surface area contributed by atoms with E-state index in [4.69, 9.17) is 9.47 Å². The molecule has 0 amide bonds. The molecule has 0 heterocycles. The minimum atomic E-state index is -0.312. The van der Waals surface area contributed by atoms with Crippen LogP contribution in [0.4, 0.5) is 0 Å². The van der Waals surface area contributed by atoms with Crippen LogP contribution in [0.15, 0.2) is 0 Å². The van der Waals surface area contributed by atoms with Crippen LogP contribution in [-0.2, 0) is 19.1 Å². The van der Waals surface area contributed by atoms with Gasteiger partial charge >= 0.3 is 11.9 Å². The van der Waals surface area contributed by atoms with Crippen LogP contribution in [0, 0.1) is 11.8 Å². The normalized spacial score (nSPS) is 10.9. The van der Waals surface area contributed by atoms with Gasteiger partial charge in [-0.05, 0) is 37.5 Å². The van der Waals surface area contributed by atoms with Gasteiger partial charge in [0.1, 0.15) is 0 Å². The number of hydrogen-bond donors (Lipinski definition) is 0. The summed E-state index contributed by atoms with van der Waals surface area (Å²) in [6.07, 6.45) is 4.08. The Hall–Kier alpha value is -1.06. The number of esters is 2. The molecule has 0 radical (unpaired) electrons. The molecule has 0 N–H and O–H groups in total. The summed E-state index contributed by atoms with van der Waals surface area (Å²) in [5, 5.41) is 0. The summed E-state index contributed by atoms with van der Waals surface area (Å²) in [7, 11) is 0. The van der Waals surface area contributed by atoms with Crippen LogP contribution >= 0.6 is 0 Å².